The molecule has 0 saturated heterocycles. The summed E-state index contributed by atoms with van der Waals surface area (Å²) in [6, 6.07) is 11.8. The van der Waals surface area contributed by atoms with Gasteiger partial charge in [-0.05, 0) is 57.0 Å². The normalized spacial score (nSPS) is 12.7. The summed E-state index contributed by atoms with van der Waals surface area (Å²) in [5, 5.41) is 11.0. The van der Waals surface area contributed by atoms with Gasteiger partial charge in [0, 0.05) is 42.7 Å². The maximum Gasteiger partial charge on any atom is 0.407 e. The number of benzene rings is 2. The largest absolute Gasteiger partial charge is 0.444 e. The third kappa shape index (κ3) is 10.8. The van der Waals surface area contributed by atoms with E-state index in [1.54, 1.807) is 56.6 Å². The number of hydrogen-bond acceptors (Lipinski definition) is 10. The van der Waals surface area contributed by atoms with E-state index >= 15 is 0 Å². The van der Waals surface area contributed by atoms with Crippen LogP contribution in [0.2, 0.25) is 0 Å². The average Bonchev–Trinajstić information content (AvgIpc) is 3.48. The number of hydrogen-bond donors (Lipinski definition) is 4. The first-order valence-electron chi connectivity index (χ1n) is 13.1. The van der Waals surface area contributed by atoms with Crippen LogP contribution in [0, 0.1) is 0 Å². The number of thiazole rings is 1. The van der Waals surface area contributed by atoms with Crippen LogP contribution in [0.5, 0.6) is 0 Å². The third-order valence-electron chi connectivity index (χ3n) is 5.47. The van der Waals surface area contributed by atoms with Crippen molar-refractivity contribution in [3.05, 3.63) is 81.8 Å². The molecule has 230 valence electrons. The predicted octanol–water partition coefficient (Wildman–Crippen LogP) is 2.84. The summed E-state index contributed by atoms with van der Waals surface area (Å²) < 4.78 is 34.8. The maximum absolute atomic E-state index is 13.5. The zero-order valence-electron chi connectivity index (χ0n) is 24.1. The number of amidine groups is 1. The lowest BCUT2D eigenvalue weighted by Crippen LogP contribution is -2.37. The summed E-state index contributed by atoms with van der Waals surface area (Å²) in [6.07, 6.45) is 1.18. The molecule has 0 bridgehead atoms. The van der Waals surface area contributed by atoms with E-state index in [1.165, 1.54) is 42.5 Å². The number of nitrogens with two attached hydrogens (primary N) is 1. The number of nitrogens with one attached hydrogen (secondary N) is 3. The average molecular weight is 631 g/mol. The Morgan fingerprint density at radius 3 is 2.42 bits per heavy atom. The van der Waals surface area contributed by atoms with Gasteiger partial charge in [0.25, 0.3) is 5.91 Å². The van der Waals surface area contributed by atoms with E-state index in [9.17, 15) is 22.8 Å². The molecule has 1 aromatic heterocycles. The van der Waals surface area contributed by atoms with E-state index in [4.69, 9.17) is 10.5 Å². The van der Waals surface area contributed by atoms with Gasteiger partial charge in [0.1, 0.15) is 10.6 Å². The Bertz CT molecular complexity index is 1570. The highest BCUT2D eigenvalue weighted by atomic mass is 32.2. The number of nitrogens with zero attached hydrogens (tertiary/aromatic N) is 2. The van der Waals surface area contributed by atoms with Crippen LogP contribution in [0.25, 0.3) is 0 Å². The molecule has 1 unspecified atom stereocenters. The fourth-order valence-corrected chi connectivity index (χ4v) is 5.67. The van der Waals surface area contributed by atoms with Crippen LogP contribution in [-0.2, 0) is 30.8 Å². The van der Waals surface area contributed by atoms with Gasteiger partial charge in [-0.3, -0.25) is 4.79 Å². The van der Waals surface area contributed by atoms with Crippen LogP contribution in [0.15, 0.2) is 70.2 Å². The van der Waals surface area contributed by atoms with E-state index in [1.807, 2.05) is 0 Å². The lowest BCUT2D eigenvalue weighted by molar-refractivity contribution is -0.140. The number of ether oxygens (including phenoxy) is 1. The van der Waals surface area contributed by atoms with Crippen molar-refractivity contribution in [1.29, 1.82) is 0 Å². The Hall–Kier alpha value is -4.34. The molecule has 0 radical (unpaired) electrons. The van der Waals surface area contributed by atoms with Crippen molar-refractivity contribution in [3.63, 3.8) is 0 Å². The molecule has 2 amide bonds. The lowest BCUT2D eigenvalue weighted by Gasteiger charge is -2.19. The Morgan fingerprint density at radius 2 is 1.74 bits per heavy atom. The molecule has 3 aromatic rings. The number of amides is 2. The summed E-state index contributed by atoms with van der Waals surface area (Å²) in [7, 11) is -4.10. The number of aromatic nitrogens is 1. The SMILES string of the molecule is CC(=O)O/N=C(/N)c1cccc(CC(NS(=O)(=O)c2cccc(C(=O)NCCNC(=O)OC(C)(C)C)c2)c2nccs2)c1. The van der Waals surface area contributed by atoms with Crippen molar-refractivity contribution in [2.75, 3.05) is 13.1 Å². The Kier molecular flexibility index (Phi) is 11.3. The smallest absolute Gasteiger partial charge is 0.407 e. The minimum Gasteiger partial charge on any atom is -0.444 e. The van der Waals surface area contributed by atoms with Crippen LogP contribution in [0.1, 0.15) is 60.2 Å². The van der Waals surface area contributed by atoms with Crippen molar-refractivity contribution in [3.8, 4) is 0 Å². The van der Waals surface area contributed by atoms with Gasteiger partial charge >= 0.3 is 12.1 Å². The van der Waals surface area contributed by atoms with E-state index in [2.05, 4.69) is 30.3 Å². The Labute approximate surface area is 253 Å². The van der Waals surface area contributed by atoms with Gasteiger partial charge < -0.3 is 25.9 Å². The molecule has 0 spiro atoms. The molecule has 5 N–H and O–H groups in total. The van der Waals surface area contributed by atoms with E-state index in [-0.39, 0.29) is 35.8 Å². The number of alkyl carbamates (subject to hydrolysis) is 1. The molecule has 1 atom stereocenters. The predicted molar refractivity (Wildman–Crippen MR) is 161 cm³/mol. The number of rotatable bonds is 12. The number of carbonyl (C=O) groups excluding carboxylic acids is 3. The lowest BCUT2D eigenvalue weighted by atomic mass is 10.0. The maximum atomic E-state index is 13.5. The second-order valence-corrected chi connectivity index (χ2v) is 12.9. The fourth-order valence-electron chi connectivity index (χ4n) is 3.66. The standard InChI is InChI=1S/C28H34N6O7S2/c1-18(35)41-33-24(29)20-8-5-7-19(15-20)16-23(26-31-13-14-42-26)34-43(38,39)22-10-6-9-21(17-22)25(36)30-11-12-32-27(37)40-28(2,3)4/h5-10,13-15,17,23,34H,11-12,16H2,1-4H3,(H2,29,33)(H,30,36)(H,32,37). The molecule has 2 aromatic carbocycles. The topological polar surface area (TPSA) is 191 Å². The second-order valence-electron chi connectivity index (χ2n) is 10.2. The second kappa shape index (κ2) is 14.7. The highest BCUT2D eigenvalue weighted by molar-refractivity contribution is 7.89. The van der Waals surface area contributed by atoms with Crippen LogP contribution >= 0.6 is 11.3 Å². The zero-order valence-corrected chi connectivity index (χ0v) is 25.8. The summed E-state index contributed by atoms with van der Waals surface area (Å²) in [5.74, 6) is -1.14. The minimum absolute atomic E-state index is 0.0147. The van der Waals surface area contributed by atoms with Crippen molar-refractivity contribution in [2.24, 2.45) is 10.9 Å². The number of oxime groups is 1. The van der Waals surface area contributed by atoms with Gasteiger partial charge in [-0.1, -0.05) is 29.4 Å². The van der Waals surface area contributed by atoms with Gasteiger partial charge in [-0.25, -0.2) is 27.7 Å². The summed E-state index contributed by atoms with van der Waals surface area (Å²) >= 11 is 1.29. The highest BCUT2D eigenvalue weighted by Gasteiger charge is 2.25. The number of carbonyl (C=O) groups is 3. The Morgan fingerprint density at radius 1 is 1.05 bits per heavy atom. The molecule has 0 saturated carbocycles. The van der Waals surface area contributed by atoms with Crippen molar-refractivity contribution in [1.82, 2.24) is 20.3 Å². The summed E-state index contributed by atoms with van der Waals surface area (Å²) in [6.45, 7) is 6.65. The molecular formula is C28H34N6O7S2. The molecule has 0 aliphatic rings. The quantitative estimate of drug-likeness (QED) is 0.0766. The first-order chi connectivity index (χ1) is 20.2. The fraction of sp³-hybridized carbons (Fsp3) is 0.321. The molecule has 15 heteroatoms. The van der Waals surface area contributed by atoms with Crippen LogP contribution in [-0.4, -0.2) is 55.9 Å². The molecule has 0 aliphatic heterocycles. The van der Waals surface area contributed by atoms with E-state index < -0.39 is 39.6 Å². The van der Waals surface area contributed by atoms with Crippen LogP contribution in [0.4, 0.5) is 4.79 Å². The summed E-state index contributed by atoms with van der Waals surface area (Å²) in [5.41, 5.74) is 6.60. The molecule has 3 rings (SSSR count). The Balaban J connectivity index is 1.71. The minimum atomic E-state index is -4.10. The van der Waals surface area contributed by atoms with Gasteiger partial charge in [-0.2, -0.15) is 0 Å². The van der Waals surface area contributed by atoms with E-state index in [0.717, 1.165) is 5.56 Å². The third-order valence-corrected chi connectivity index (χ3v) is 7.83. The van der Waals surface area contributed by atoms with Gasteiger partial charge in [0.2, 0.25) is 10.0 Å². The van der Waals surface area contributed by atoms with Crippen LogP contribution in [0.3, 0.4) is 0 Å². The molecule has 1 heterocycles. The van der Waals surface area contributed by atoms with Gasteiger partial charge in [0.15, 0.2) is 5.84 Å². The molecular weight excluding hydrogens is 596 g/mol. The van der Waals surface area contributed by atoms with Crippen molar-refractivity contribution in [2.45, 2.75) is 50.7 Å². The zero-order chi connectivity index (χ0) is 31.6. The van der Waals surface area contributed by atoms with Crippen molar-refractivity contribution < 1.29 is 32.4 Å². The van der Waals surface area contributed by atoms with Crippen LogP contribution < -0.4 is 21.1 Å². The summed E-state index contributed by atoms with van der Waals surface area (Å²) in [4.78, 5) is 44.3. The molecule has 0 aliphatic carbocycles. The number of sulfonamides is 1. The molecule has 43 heavy (non-hydrogen) atoms. The monoisotopic (exact) mass is 630 g/mol. The van der Waals surface area contributed by atoms with E-state index in [0.29, 0.717) is 10.6 Å². The molecule has 13 nitrogen and oxygen atoms in total. The van der Waals surface area contributed by atoms with Gasteiger partial charge in [-0.15, -0.1) is 11.3 Å². The first kappa shape index (κ1) is 33.2. The van der Waals surface area contributed by atoms with Gasteiger partial charge in [0.05, 0.1) is 10.9 Å². The van der Waals surface area contributed by atoms with Crippen molar-refractivity contribution >= 4 is 45.2 Å². The first-order valence-corrected chi connectivity index (χ1v) is 15.5. The highest BCUT2D eigenvalue weighted by Crippen LogP contribution is 2.24. The molecule has 0 fully saturated rings.